The molecule has 1 amide bonds. The van der Waals surface area contributed by atoms with Crippen molar-refractivity contribution in [2.75, 3.05) is 11.1 Å². The van der Waals surface area contributed by atoms with Crippen molar-refractivity contribution in [3.63, 3.8) is 0 Å². The Bertz CT molecular complexity index is 1110. The van der Waals surface area contributed by atoms with Gasteiger partial charge in [0.25, 0.3) is 0 Å². The van der Waals surface area contributed by atoms with Gasteiger partial charge in [0, 0.05) is 20.8 Å². The number of benzene rings is 1. The number of nitrogens with zero attached hydrogens (tertiary/aromatic N) is 3. The molecule has 27 heavy (non-hydrogen) atoms. The van der Waals surface area contributed by atoms with Crippen molar-refractivity contribution in [1.82, 2.24) is 15.0 Å². The highest BCUT2D eigenvalue weighted by Crippen LogP contribution is 2.38. The van der Waals surface area contributed by atoms with E-state index < -0.39 is 0 Å². The lowest BCUT2D eigenvalue weighted by Crippen LogP contribution is -2.14. The monoisotopic (exact) mass is 476 g/mol. The third kappa shape index (κ3) is 4.21. The van der Waals surface area contributed by atoms with Gasteiger partial charge in [0.1, 0.15) is 16.2 Å². The highest BCUT2D eigenvalue weighted by molar-refractivity contribution is 9.10. The highest BCUT2D eigenvalue weighted by Gasteiger charge is 2.15. The number of thioether (sulfide) groups is 1. The maximum absolute atomic E-state index is 12.3. The van der Waals surface area contributed by atoms with Crippen molar-refractivity contribution in [3.8, 4) is 11.1 Å². The summed E-state index contributed by atoms with van der Waals surface area (Å²) >= 11 is 7.89. The van der Waals surface area contributed by atoms with Crippen molar-refractivity contribution < 1.29 is 4.79 Å². The van der Waals surface area contributed by atoms with Gasteiger partial charge in [-0.2, -0.15) is 0 Å². The van der Waals surface area contributed by atoms with Crippen LogP contribution in [0.25, 0.3) is 21.3 Å². The summed E-state index contributed by atoms with van der Waals surface area (Å²) in [5, 5.41) is 9.25. The van der Waals surface area contributed by atoms with Gasteiger partial charge in [-0.15, -0.1) is 22.7 Å². The van der Waals surface area contributed by atoms with E-state index in [1.54, 1.807) is 17.7 Å². The van der Waals surface area contributed by atoms with Gasteiger partial charge in [-0.1, -0.05) is 39.8 Å². The Morgan fingerprint density at radius 1 is 1.19 bits per heavy atom. The molecule has 3 heterocycles. The van der Waals surface area contributed by atoms with E-state index in [0.717, 1.165) is 36.5 Å². The Morgan fingerprint density at radius 2 is 2.00 bits per heavy atom. The molecule has 0 aliphatic heterocycles. The number of rotatable bonds is 5. The number of carbonyl (C=O) groups is 1. The van der Waals surface area contributed by atoms with E-state index in [2.05, 4.69) is 53.7 Å². The number of amides is 1. The molecule has 0 unspecified atom stereocenters. The Hall–Kier alpha value is -1.81. The van der Waals surface area contributed by atoms with Crippen molar-refractivity contribution in [1.29, 1.82) is 0 Å². The summed E-state index contributed by atoms with van der Waals surface area (Å²) in [6.45, 7) is 1.90. The summed E-state index contributed by atoms with van der Waals surface area (Å²) in [7, 11) is 0. The number of aryl methyl sites for hydroxylation is 1. The number of halogens is 1. The molecule has 0 spiro atoms. The molecule has 5 nitrogen and oxygen atoms in total. The molecular weight excluding hydrogens is 464 g/mol. The number of nitrogens with one attached hydrogen (secondary N) is 1. The minimum Gasteiger partial charge on any atom is -0.301 e. The minimum atomic E-state index is -0.0958. The average Bonchev–Trinajstić information content (AvgIpc) is 3.27. The van der Waals surface area contributed by atoms with E-state index in [1.165, 1.54) is 23.1 Å². The van der Waals surface area contributed by atoms with Crippen LogP contribution in [0, 0.1) is 6.92 Å². The van der Waals surface area contributed by atoms with Gasteiger partial charge in [-0.25, -0.2) is 15.0 Å². The predicted molar refractivity (Wildman–Crippen MR) is 117 cm³/mol. The Labute approximate surface area is 176 Å². The second-order valence-corrected chi connectivity index (χ2v) is 9.24. The number of hydrogen-bond acceptors (Lipinski definition) is 7. The third-order valence-corrected chi connectivity index (χ3v) is 6.98. The fourth-order valence-corrected chi connectivity index (χ4v) is 5.26. The Balaban J connectivity index is 1.57. The van der Waals surface area contributed by atoms with E-state index >= 15 is 0 Å². The molecule has 4 aromatic rings. The number of carbonyl (C=O) groups excluding carboxylic acids is 1. The lowest BCUT2D eigenvalue weighted by atomic mass is 10.1. The fraction of sp³-hybridized carbons (Fsp3) is 0.111. The Morgan fingerprint density at radius 3 is 2.74 bits per heavy atom. The molecule has 0 aliphatic rings. The second-order valence-electron chi connectivity index (χ2n) is 5.65. The number of thiazole rings is 1. The lowest BCUT2D eigenvalue weighted by molar-refractivity contribution is -0.113. The van der Waals surface area contributed by atoms with Crippen LogP contribution in [0.3, 0.4) is 0 Å². The molecule has 136 valence electrons. The first-order valence-corrected chi connectivity index (χ1v) is 11.5. The Kier molecular flexibility index (Phi) is 5.53. The largest absolute Gasteiger partial charge is 0.301 e. The molecule has 0 fully saturated rings. The van der Waals surface area contributed by atoms with Crippen LogP contribution in [0.4, 0.5) is 5.13 Å². The van der Waals surface area contributed by atoms with Crippen molar-refractivity contribution in [2.45, 2.75) is 11.9 Å². The number of aromatic nitrogens is 3. The molecule has 1 aromatic carbocycles. The predicted octanol–water partition coefficient (Wildman–Crippen LogP) is 5.62. The first-order chi connectivity index (χ1) is 13.1. The van der Waals surface area contributed by atoms with Crippen LogP contribution in [0.2, 0.25) is 0 Å². The maximum Gasteiger partial charge on any atom is 0.236 e. The third-order valence-electron chi connectivity index (χ3n) is 3.70. The average molecular weight is 477 g/mol. The number of anilines is 1. The van der Waals surface area contributed by atoms with Crippen LogP contribution in [0.15, 0.2) is 50.9 Å². The van der Waals surface area contributed by atoms with Gasteiger partial charge < -0.3 is 5.32 Å². The molecule has 4 rings (SSSR count). The highest BCUT2D eigenvalue weighted by atomic mass is 79.9. The first kappa shape index (κ1) is 18.5. The zero-order valence-electron chi connectivity index (χ0n) is 14.1. The van der Waals surface area contributed by atoms with Gasteiger partial charge in [0.15, 0.2) is 5.13 Å². The lowest BCUT2D eigenvalue weighted by Gasteiger charge is -2.05. The van der Waals surface area contributed by atoms with E-state index in [1.807, 2.05) is 24.4 Å². The van der Waals surface area contributed by atoms with Crippen LogP contribution in [-0.2, 0) is 4.79 Å². The number of thiophene rings is 1. The van der Waals surface area contributed by atoms with Crippen LogP contribution in [0.1, 0.15) is 5.69 Å². The van der Waals surface area contributed by atoms with Crippen LogP contribution in [0.5, 0.6) is 0 Å². The molecule has 0 bridgehead atoms. The summed E-state index contributed by atoms with van der Waals surface area (Å²) < 4.78 is 1.03. The minimum absolute atomic E-state index is 0.0958. The summed E-state index contributed by atoms with van der Waals surface area (Å²) in [4.78, 5) is 26.2. The van der Waals surface area contributed by atoms with E-state index in [-0.39, 0.29) is 11.7 Å². The van der Waals surface area contributed by atoms with Gasteiger partial charge in [0.05, 0.1) is 16.8 Å². The summed E-state index contributed by atoms with van der Waals surface area (Å²) in [5.74, 6) is 0.168. The molecule has 0 atom stereocenters. The zero-order valence-corrected chi connectivity index (χ0v) is 18.1. The van der Waals surface area contributed by atoms with Crippen LogP contribution < -0.4 is 5.32 Å². The van der Waals surface area contributed by atoms with Gasteiger partial charge in [-0.3, -0.25) is 4.79 Å². The summed E-state index contributed by atoms with van der Waals surface area (Å²) in [6, 6.07) is 8.15. The summed E-state index contributed by atoms with van der Waals surface area (Å²) in [6.07, 6.45) is 1.55. The van der Waals surface area contributed by atoms with Crippen LogP contribution in [-0.4, -0.2) is 26.6 Å². The van der Waals surface area contributed by atoms with Crippen molar-refractivity contribution in [3.05, 3.63) is 51.5 Å². The van der Waals surface area contributed by atoms with E-state index in [9.17, 15) is 4.79 Å². The normalized spacial score (nSPS) is 11.0. The molecule has 0 saturated carbocycles. The molecule has 9 heteroatoms. The molecule has 3 aromatic heterocycles. The fourth-order valence-electron chi connectivity index (χ4n) is 2.50. The van der Waals surface area contributed by atoms with Crippen LogP contribution >= 0.6 is 50.4 Å². The first-order valence-electron chi connectivity index (χ1n) is 7.93. The van der Waals surface area contributed by atoms with Gasteiger partial charge in [0.2, 0.25) is 5.91 Å². The smallest absolute Gasteiger partial charge is 0.236 e. The van der Waals surface area contributed by atoms with Gasteiger partial charge >= 0.3 is 0 Å². The van der Waals surface area contributed by atoms with Gasteiger partial charge in [-0.05, 0) is 24.6 Å². The van der Waals surface area contributed by atoms with Crippen molar-refractivity contribution in [2.24, 2.45) is 0 Å². The zero-order chi connectivity index (χ0) is 18.8. The standard InChI is InChI=1S/C18H13BrN4OS3/c1-10-6-27-18(22-10)23-14(24)8-26-17-15-13(7-25-16(15)20-9-21-17)11-2-4-12(19)5-3-11/h2-7,9H,8H2,1H3,(H,22,23,24). The molecule has 0 radical (unpaired) electrons. The molecule has 0 aliphatic carbocycles. The van der Waals surface area contributed by atoms with E-state index in [0.29, 0.717) is 5.13 Å². The summed E-state index contributed by atoms with van der Waals surface area (Å²) in [5.41, 5.74) is 3.09. The molecule has 1 N–H and O–H groups in total. The number of fused-ring (bicyclic) bond motifs is 1. The van der Waals surface area contributed by atoms with E-state index in [4.69, 9.17) is 0 Å². The topological polar surface area (TPSA) is 67.8 Å². The SMILES string of the molecule is Cc1csc(NC(=O)CSc2ncnc3scc(-c4ccc(Br)cc4)c23)n1. The van der Waals surface area contributed by atoms with Crippen molar-refractivity contribution >= 4 is 71.6 Å². The molecular formula is C18H13BrN4OS3. The number of hydrogen-bond donors (Lipinski definition) is 1. The quantitative estimate of drug-likeness (QED) is 0.299. The molecule has 0 saturated heterocycles. The maximum atomic E-state index is 12.3. The second kappa shape index (κ2) is 8.05.